The van der Waals surface area contributed by atoms with Crippen molar-refractivity contribution in [2.45, 2.75) is 12.5 Å². The van der Waals surface area contributed by atoms with Gasteiger partial charge in [-0.3, -0.25) is 4.90 Å². The molecule has 0 aliphatic carbocycles. The molecule has 2 aromatic carbocycles. The van der Waals surface area contributed by atoms with Gasteiger partial charge >= 0.3 is 0 Å². The molecule has 2 nitrogen and oxygen atoms in total. The minimum atomic E-state index is 0.171. The maximum absolute atomic E-state index is 9.13. The lowest BCUT2D eigenvalue weighted by molar-refractivity contribution is 0.276. The van der Waals surface area contributed by atoms with Gasteiger partial charge in [0.25, 0.3) is 0 Å². The minimum Gasteiger partial charge on any atom is -0.291 e. The molecule has 1 fully saturated rings. The quantitative estimate of drug-likeness (QED) is 0.844. The van der Waals surface area contributed by atoms with Gasteiger partial charge in [-0.2, -0.15) is 5.26 Å². The van der Waals surface area contributed by atoms with E-state index in [0.717, 1.165) is 19.5 Å². The van der Waals surface area contributed by atoms with Crippen molar-refractivity contribution in [2.24, 2.45) is 5.92 Å². The number of hydrogen-bond acceptors (Lipinski definition) is 2. The van der Waals surface area contributed by atoms with Crippen LogP contribution in [0.25, 0.3) is 0 Å². The highest BCUT2D eigenvalue weighted by Crippen LogP contribution is 2.32. The molecular weight excluding hydrogens is 244 g/mol. The van der Waals surface area contributed by atoms with Crippen molar-refractivity contribution in [1.82, 2.24) is 4.90 Å². The molecule has 0 aromatic heterocycles. The van der Waals surface area contributed by atoms with Crippen LogP contribution in [-0.4, -0.2) is 18.0 Å². The predicted octanol–water partition coefficient (Wildman–Crippen LogP) is 3.62. The van der Waals surface area contributed by atoms with E-state index in [-0.39, 0.29) is 12.0 Å². The highest BCUT2D eigenvalue weighted by atomic mass is 15.2. The number of nitriles is 1. The lowest BCUT2D eigenvalue weighted by Gasteiger charge is -2.28. The van der Waals surface area contributed by atoms with Crippen LogP contribution in [0.15, 0.2) is 60.7 Å². The maximum Gasteiger partial charge on any atom is 0.0669 e. The molecule has 1 atom stereocenters. The van der Waals surface area contributed by atoms with Gasteiger partial charge in [0.15, 0.2) is 0 Å². The van der Waals surface area contributed by atoms with Crippen LogP contribution < -0.4 is 0 Å². The summed E-state index contributed by atoms with van der Waals surface area (Å²) in [6.07, 6.45) is 0.979. The van der Waals surface area contributed by atoms with E-state index < -0.39 is 0 Å². The summed E-state index contributed by atoms with van der Waals surface area (Å²) >= 11 is 0. The van der Waals surface area contributed by atoms with Crippen molar-refractivity contribution in [3.05, 3.63) is 71.8 Å². The normalized spacial score (nSPS) is 19.1. The molecule has 0 spiro atoms. The highest BCUT2D eigenvalue weighted by molar-refractivity contribution is 5.32. The Bertz CT molecular complexity index is 546. The van der Waals surface area contributed by atoms with Gasteiger partial charge in [-0.25, -0.2) is 0 Å². The van der Waals surface area contributed by atoms with Gasteiger partial charge < -0.3 is 0 Å². The van der Waals surface area contributed by atoms with E-state index in [2.05, 4.69) is 59.5 Å². The fourth-order valence-corrected chi connectivity index (χ4v) is 3.01. The second-order valence-electron chi connectivity index (χ2n) is 5.33. The molecule has 0 N–H and O–H groups in total. The largest absolute Gasteiger partial charge is 0.291 e. The zero-order valence-corrected chi connectivity index (χ0v) is 11.4. The molecule has 0 bridgehead atoms. The summed E-state index contributed by atoms with van der Waals surface area (Å²) in [5, 5.41) is 9.13. The minimum absolute atomic E-state index is 0.171. The fourth-order valence-electron chi connectivity index (χ4n) is 3.01. The second-order valence-corrected chi connectivity index (χ2v) is 5.33. The van der Waals surface area contributed by atoms with E-state index in [1.807, 2.05) is 12.1 Å². The summed E-state index contributed by atoms with van der Waals surface area (Å²) < 4.78 is 0. The average molecular weight is 262 g/mol. The molecule has 1 saturated heterocycles. The molecule has 0 amide bonds. The second kappa shape index (κ2) is 5.90. The highest BCUT2D eigenvalue weighted by Gasteiger charge is 2.29. The molecule has 0 unspecified atom stereocenters. The van der Waals surface area contributed by atoms with Crippen LogP contribution >= 0.6 is 0 Å². The Morgan fingerprint density at radius 1 is 0.950 bits per heavy atom. The fraction of sp³-hybridized carbons (Fsp3) is 0.278. The predicted molar refractivity (Wildman–Crippen MR) is 80.0 cm³/mol. The van der Waals surface area contributed by atoms with Gasteiger partial charge in [-0.1, -0.05) is 60.7 Å². The summed E-state index contributed by atoms with van der Waals surface area (Å²) in [7, 11) is 0. The van der Waals surface area contributed by atoms with Crippen molar-refractivity contribution in [3.8, 4) is 6.07 Å². The van der Waals surface area contributed by atoms with Gasteiger partial charge in [0, 0.05) is 13.1 Å². The first kappa shape index (κ1) is 12.9. The molecule has 0 radical (unpaired) electrons. The average Bonchev–Trinajstić information content (AvgIpc) is 2.98. The third kappa shape index (κ3) is 2.59. The number of nitrogens with zero attached hydrogens (tertiary/aromatic N) is 2. The Morgan fingerprint density at radius 2 is 1.50 bits per heavy atom. The standard InChI is InChI=1S/C18H18N2/c19-13-15-11-12-20(14-15)18(16-7-3-1-4-8-16)17-9-5-2-6-10-17/h1-10,15,18H,11-12,14H2/t15-/m0/s1. The van der Waals surface area contributed by atoms with Crippen molar-refractivity contribution in [2.75, 3.05) is 13.1 Å². The maximum atomic E-state index is 9.13. The van der Waals surface area contributed by atoms with Gasteiger partial charge in [0.05, 0.1) is 18.0 Å². The molecule has 3 rings (SSSR count). The molecule has 100 valence electrons. The summed E-state index contributed by atoms with van der Waals surface area (Å²) in [6.45, 7) is 1.86. The number of rotatable bonds is 3. The van der Waals surface area contributed by atoms with E-state index in [4.69, 9.17) is 5.26 Å². The van der Waals surface area contributed by atoms with Crippen molar-refractivity contribution >= 4 is 0 Å². The van der Waals surface area contributed by atoms with Crippen LogP contribution in [0.3, 0.4) is 0 Å². The van der Waals surface area contributed by atoms with E-state index in [1.165, 1.54) is 11.1 Å². The Balaban J connectivity index is 1.95. The van der Waals surface area contributed by atoms with Crippen LogP contribution in [0.5, 0.6) is 0 Å². The summed E-state index contributed by atoms with van der Waals surface area (Å²) in [6, 6.07) is 23.8. The SMILES string of the molecule is N#C[C@@H]1CCN(C(c2ccccc2)c2ccccc2)C1. The lowest BCUT2D eigenvalue weighted by Crippen LogP contribution is -2.27. The Hall–Kier alpha value is -2.11. The van der Waals surface area contributed by atoms with E-state index in [1.54, 1.807) is 0 Å². The molecule has 1 heterocycles. The van der Waals surface area contributed by atoms with Crippen molar-refractivity contribution < 1.29 is 0 Å². The number of benzene rings is 2. The van der Waals surface area contributed by atoms with Crippen LogP contribution in [0, 0.1) is 17.2 Å². The van der Waals surface area contributed by atoms with E-state index >= 15 is 0 Å². The molecule has 1 aliphatic heterocycles. The molecular formula is C18H18N2. The Morgan fingerprint density at radius 3 is 1.95 bits per heavy atom. The summed E-state index contributed by atoms with van der Waals surface area (Å²) in [5.41, 5.74) is 2.61. The van der Waals surface area contributed by atoms with E-state index in [9.17, 15) is 0 Å². The van der Waals surface area contributed by atoms with Crippen molar-refractivity contribution in [1.29, 1.82) is 5.26 Å². The Kier molecular flexibility index (Phi) is 3.80. The number of hydrogen-bond donors (Lipinski definition) is 0. The van der Waals surface area contributed by atoms with Crippen LogP contribution in [0.4, 0.5) is 0 Å². The molecule has 0 saturated carbocycles. The monoisotopic (exact) mass is 262 g/mol. The topological polar surface area (TPSA) is 27.0 Å². The van der Waals surface area contributed by atoms with Crippen LogP contribution in [-0.2, 0) is 0 Å². The van der Waals surface area contributed by atoms with E-state index in [0.29, 0.717) is 0 Å². The third-order valence-electron chi connectivity index (χ3n) is 4.00. The smallest absolute Gasteiger partial charge is 0.0669 e. The van der Waals surface area contributed by atoms with Crippen molar-refractivity contribution in [3.63, 3.8) is 0 Å². The molecule has 2 aromatic rings. The molecule has 20 heavy (non-hydrogen) atoms. The molecule has 2 heteroatoms. The van der Waals surface area contributed by atoms with Gasteiger partial charge in [-0.05, 0) is 17.5 Å². The number of likely N-dealkylation sites (tertiary alicyclic amines) is 1. The van der Waals surface area contributed by atoms with Gasteiger partial charge in [0.2, 0.25) is 0 Å². The first-order valence-corrected chi connectivity index (χ1v) is 7.12. The Labute approximate surface area is 120 Å². The van der Waals surface area contributed by atoms with Crippen LogP contribution in [0.2, 0.25) is 0 Å². The first-order chi connectivity index (χ1) is 9.88. The van der Waals surface area contributed by atoms with Crippen LogP contribution in [0.1, 0.15) is 23.6 Å². The first-order valence-electron chi connectivity index (χ1n) is 7.12. The summed E-state index contributed by atoms with van der Waals surface area (Å²) in [5.74, 6) is 0.171. The lowest BCUT2D eigenvalue weighted by atomic mass is 9.97. The third-order valence-corrected chi connectivity index (χ3v) is 4.00. The molecule has 1 aliphatic rings. The van der Waals surface area contributed by atoms with Gasteiger partial charge in [-0.15, -0.1) is 0 Å². The summed E-state index contributed by atoms with van der Waals surface area (Å²) in [4.78, 5) is 2.43. The van der Waals surface area contributed by atoms with Gasteiger partial charge in [0.1, 0.15) is 0 Å². The zero-order valence-electron chi connectivity index (χ0n) is 11.4. The zero-order chi connectivity index (χ0) is 13.8.